The van der Waals surface area contributed by atoms with Crippen molar-refractivity contribution in [2.75, 3.05) is 6.54 Å². The van der Waals surface area contributed by atoms with Gasteiger partial charge in [0.25, 0.3) is 0 Å². The zero-order chi connectivity index (χ0) is 13.1. The molecule has 2 atom stereocenters. The maximum Gasteiger partial charge on any atom is 0.241 e. The third-order valence-electron chi connectivity index (χ3n) is 3.60. The number of halogens is 2. The van der Waals surface area contributed by atoms with Gasteiger partial charge in [0.05, 0.1) is 0 Å². The Morgan fingerprint density at radius 1 is 1.33 bits per heavy atom. The van der Waals surface area contributed by atoms with Crippen LogP contribution in [-0.2, 0) is 11.3 Å². The summed E-state index contributed by atoms with van der Waals surface area (Å²) < 4.78 is 25.3. The number of hydrogen-bond acceptors (Lipinski definition) is 1. The molecule has 1 saturated heterocycles. The lowest BCUT2D eigenvalue weighted by Gasteiger charge is -2.19. The van der Waals surface area contributed by atoms with Crippen LogP contribution < -0.4 is 0 Å². The molecule has 0 aromatic heterocycles. The lowest BCUT2D eigenvalue weighted by Crippen LogP contribution is -2.26. The zero-order valence-electron chi connectivity index (χ0n) is 10.4. The molecule has 4 heteroatoms. The summed E-state index contributed by atoms with van der Waals surface area (Å²) in [6.45, 7) is 2.49. The Morgan fingerprint density at radius 3 is 2.61 bits per heavy atom. The molecule has 1 unspecified atom stereocenters. The molecule has 1 heterocycles. The Morgan fingerprint density at radius 2 is 2.00 bits per heavy atom. The number of nitrogens with zero attached hydrogens (tertiary/aromatic N) is 1. The van der Waals surface area contributed by atoms with Crippen LogP contribution >= 0.6 is 0 Å². The minimum Gasteiger partial charge on any atom is -0.338 e. The Kier molecular flexibility index (Phi) is 3.94. The van der Waals surface area contributed by atoms with Crippen molar-refractivity contribution in [1.82, 2.24) is 4.90 Å². The van der Waals surface area contributed by atoms with E-state index >= 15 is 0 Å². The highest BCUT2D eigenvalue weighted by Gasteiger charge is 2.36. The Balaban J connectivity index is 1.98. The van der Waals surface area contributed by atoms with Crippen LogP contribution in [0.2, 0.25) is 0 Å². The third-order valence-corrected chi connectivity index (χ3v) is 3.60. The molecule has 2 nitrogen and oxygen atoms in total. The molecule has 0 aliphatic carbocycles. The SMILES string of the molecule is C[C@@H](C(F)F)C1CC(=O)N(Cc2ccccc2)C1. The standard InChI is InChI=1S/C14H17F2NO/c1-10(14(15)16)12-7-13(18)17(9-12)8-11-5-3-2-4-6-11/h2-6,10,12,14H,7-9H2,1H3/t10-,12?/m1/s1. The number of carbonyl (C=O) groups is 1. The van der Waals surface area contributed by atoms with Gasteiger partial charge in [0.1, 0.15) is 0 Å². The summed E-state index contributed by atoms with van der Waals surface area (Å²) in [5.74, 6) is -0.952. The number of amides is 1. The highest BCUT2D eigenvalue weighted by molar-refractivity contribution is 5.78. The second-order valence-electron chi connectivity index (χ2n) is 4.92. The van der Waals surface area contributed by atoms with Crippen molar-refractivity contribution < 1.29 is 13.6 Å². The maximum absolute atomic E-state index is 12.6. The smallest absolute Gasteiger partial charge is 0.241 e. The van der Waals surface area contributed by atoms with Crippen LogP contribution in [-0.4, -0.2) is 23.8 Å². The summed E-state index contributed by atoms with van der Waals surface area (Å²) >= 11 is 0. The van der Waals surface area contributed by atoms with Crippen LogP contribution in [0.5, 0.6) is 0 Å². The molecule has 1 fully saturated rings. The third kappa shape index (κ3) is 2.86. The van der Waals surface area contributed by atoms with Crippen molar-refractivity contribution in [3.05, 3.63) is 35.9 Å². The lowest BCUT2D eigenvalue weighted by atomic mass is 9.94. The summed E-state index contributed by atoms with van der Waals surface area (Å²) in [5.41, 5.74) is 1.04. The van der Waals surface area contributed by atoms with E-state index < -0.39 is 12.3 Å². The van der Waals surface area contributed by atoms with E-state index in [4.69, 9.17) is 0 Å². The van der Waals surface area contributed by atoms with Crippen molar-refractivity contribution in [3.63, 3.8) is 0 Å². The Bertz CT molecular complexity index is 408. The fourth-order valence-corrected chi connectivity index (χ4v) is 2.32. The molecule has 1 amide bonds. The molecule has 0 bridgehead atoms. The molecule has 0 saturated carbocycles. The van der Waals surface area contributed by atoms with E-state index in [-0.39, 0.29) is 18.2 Å². The van der Waals surface area contributed by atoms with Crippen LogP contribution in [0.15, 0.2) is 30.3 Å². The van der Waals surface area contributed by atoms with Crippen molar-refractivity contribution in [2.24, 2.45) is 11.8 Å². The summed E-state index contributed by atoms with van der Waals surface area (Å²) in [6, 6.07) is 9.62. The summed E-state index contributed by atoms with van der Waals surface area (Å²) in [4.78, 5) is 13.5. The van der Waals surface area contributed by atoms with Gasteiger partial charge in [0, 0.05) is 25.4 Å². The minimum atomic E-state index is -2.35. The number of benzene rings is 1. The Hall–Kier alpha value is -1.45. The minimum absolute atomic E-state index is 0.0173. The largest absolute Gasteiger partial charge is 0.338 e. The van der Waals surface area contributed by atoms with E-state index in [2.05, 4.69) is 0 Å². The van der Waals surface area contributed by atoms with Crippen molar-refractivity contribution >= 4 is 5.91 Å². The van der Waals surface area contributed by atoms with E-state index in [1.807, 2.05) is 30.3 Å². The van der Waals surface area contributed by atoms with Crippen molar-refractivity contribution in [2.45, 2.75) is 26.3 Å². The zero-order valence-corrected chi connectivity index (χ0v) is 10.4. The van der Waals surface area contributed by atoms with Gasteiger partial charge in [-0.3, -0.25) is 4.79 Å². The van der Waals surface area contributed by atoms with Crippen molar-refractivity contribution in [3.8, 4) is 0 Å². The van der Waals surface area contributed by atoms with E-state index in [9.17, 15) is 13.6 Å². The van der Waals surface area contributed by atoms with Gasteiger partial charge in [-0.1, -0.05) is 37.3 Å². The highest BCUT2D eigenvalue weighted by atomic mass is 19.3. The number of likely N-dealkylation sites (tertiary alicyclic amines) is 1. The average molecular weight is 253 g/mol. The predicted molar refractivity (Wildman–Crippen MR) is 65.1 cm³/mol. The van der Waals surface area contributed by atoms with E-state index in [0.29, 0.717) is 13.1 Å². The monoisotopic (exact) mass is 253 g/mol. The van der Waals surface area contributed by atoms with Crippen LogP contribution in [0, 0.1) is 11.8 Å². The first-order valence-corrected chi connectivity index (χ1v) is 6.17. The summed E-state index contributed by atoms with van der Waals surface area (Å²) in [6.07, 6.45) is -2.10. The first kappa shape index (κ1) is 13.0. The fourth-order valence-electron chi connectivity index (χ4n) is 2.32. The van der Waals surface area contributed by atoms with Crippen LogP contribution in [0.4, 0.5) is 8.78 Å². The van der Waals surface area contributed by atoms with Crippen molar-refractivity contribution in [1.29, 1.82) is 0 Å². The van der Waals surface area contributed by atoms with Gasteiger partial charge < -0.3 is 4.90 Å². The molecule has 1 aliphatic rings. The number of alkyl halides is 2. The van der Waals surface area contributed by atoms with Crippen LogP contribution in [0.25, 0.3) is 0 Å². The topological polar surface area (TPSA) is 20.3 Å². The molecular weight excluding hydrogens is 236 g/mol. The fraction of sp³-hybridized carbons (Fsp3) is 0.500. The molecule has 1 aromatic rings. The maximum atomic E-state index is 12.6. The second kappa shape index (κ2) is 5.46. The van der Waals surface area contributed by atoms with Gasteiger partial charge in [0.2, 0.25) is 12.3 Å². The molecule has 18 heavy (non-hydrogen) atoms. The van der Waals surface area contributed by atoms with E-state index in [0.717, 1.165) is 5.56 Å². The van der Waals surface area contributed by atoms with Gasteiger partial charge in [0.15, 0.2) is 0 Å². The predicted octanol–water partition coefficient (Wildman–Crippen LogP) is 2.94. The molecular formula is C14H17F2NO. The number of rotatable bonds is 4. The normalized spacial score (nSPS) is 21.7. The molecule has 0 radical (unpaired) electrons. The number of carbonyl (C=O) groups excluding carboxylic acids is 1. The summed E-state index contributed by atoms with van der Waals surface area (Å²) in [5, 5.41) is 0. The van der Waals surface area contributed by atoms with Gasteiger partial charge in [-0.05, 0) is 11.5 Å². The van der Waals surface area contributed by atoms with Crippen LogP contribution in [0.1, 0.15) is 18.9 Å². The highest BCUT2D eigenvalue weighted by Crippen LogP contribution is 2.29. The second-order valence-corrected chi connectivity index (χ2v) is 4.92. The first-order chi connectivity index (χ1) is 8.58. The van der Waals surface area contributed by atoms with E-state index in [1.165, 1.54) is 6.92 Å². The molecule has 0 spiro atoms. The number of hydrogen-bond donors (Lipinski definition) is 0. The summed E-state index contributed by atoms with van der Waals surface area (Å²) in [7, 11) is 0. The first-order valence-electron chi connectivity index (χ1n) is 6.17. The lowest BCUT2D eigenvalue weighted by molar-refractivity contribution is -0.128. The molecule has 1 aliphatic heterocycles. The van der Waals surface area contributed by atoms with Crippen LogP contribution in [0.3, 0.4) is 0 Å². The molecule has 1 aromatic carbocycles. The molecule has 0 N–H and O–H groups in total. The van der Waals surface area contributed by atoms with Gasteiger partial charge >= 0.3 is 0 Å². The van der Waals surface area contributed by atoms with Gasteiger partial charge in [-0.2, -0.15) is 0 Å². The quantitative estimate of drug-likeness (QED) is 0.808. The van der Waals surface area contributed by atoms with Gasteiger partial charge in [-0.25, -0.2) is 8.78 Å². The van der Waals surface area contributed by atoms with E-state index in [1.54, 1.807) is 4.90 Å². The molecule has 2 rings (SSSR count). The Labute approximate surface area is 106 Å². The van der Waals surface area contributed by atoms with Gasteiger partial charge in [-0.15, -0.1) is 0 Å². The average Bonchev–Trinajstić information content (AvgIpc) is 2.71. The molecule has 98 valence electrons.